The third-order valence-corrected chi connectivity index (χ3v) is 6.76. The number of hydrogen-bond acceptors (Lipinski definition) is 5. The van der Waals surface area contributed by atoms with E-state index in [0.717, 1.165) is 31.2 Å². The summed E-state index contributed by atoms with van der Waals surface area (Å²) < 4.78 is 13.2. The first-order valence-electron chi connectivity index (χ1n) is 11.5. The Hall–Kier alpha value is -2.25. The molecule has 1 aromatic heterocycles. The van der Waals surface area contributed by atoms with Crippen molar-refractivity contribution in [2.75, 3.05) is 19.8 Å². The fraction of sp³-hybridized carbons (Fsp3) is 0.625. The van der Waals surface area contributed by atoms with E-state index in [1.807, 2.05) is 19.1 Å². The number of nitrogens with one attached hydrogen (secondary N) is 1. The van der Waals surface area contributed by atoms with Crippen molar-refractivity contribution in [3.8, 4) is 0 Å². The molecule has 1 saturated carbocycles. The van der Waals surface area contributed by atoms with Gasteiger partial charge in [-0.25, -0.2) is 4.98 Å². The second-order valence-electron chi connectivity index (χ2n) is 8.95. The van der Waals surface area contributed by atoms with Gasteiger partial charge in [-0.3, -0.25) is 14.2 Å². The van der Waals surface area contributed by atoms with Crippen LogP contribution in [0.2, 0.25) is 0 Å². The third kappa shape index (κ3) is 4.99. The molecule has 1 amide bonds. The van der Waals surface area contributed by atoms with Crippen LogP contribution >= 0.6 is 0 Å². The van der Waals surface area contributed by atoms with Crippen LogP contribution in [0.3, 0.4) is 0 Å². The topological polar surface area (TPSA) is 82.5 Å². The molecule has 1 saturated heterocycles. The van der Waals surface area contributed by atoms with E-state index in [-0.39, 0.29) is 29.7 Å². The number of aryl methyl sites for hydroxylation is 1. The van der Waals surface area contributed by atoms with Gasteiger partial charge in [0.05, 0.1) is 30.4 Å². The van der Waals surface area contributed by atoms with Crippen molar-refractivity contribution >= 4 is 16.8 Å². The highest BCUT2D eigenvalue weighted by molar-refractivity contribution is 5.81. The molecule has 4 rings (SSSR count). The predicted molar refractivity (Wildman–Crippen MR) is 119 cm³/mol. The fourth-order valence-corrected chi connectivity index (χ4v) is 5.08. The molecule has 1 N–H and O–H groups in total. The molecule has 0 unspecified atom stereocenters. The van der Waals surface area contributed by atoms with E-state index in [9.17, 15) is 9.59 Å². The standard InChI is InChI=1S/C24H33N3O4/c1-18-8-6-9-19-21(18)26-17-27(22(19)29)16-20(28)25-13-7-12-24(23-30-14-15-31-23)10-4-2-3-5-11-24/h6,8-9,17,23H,2-5,7,10-16H2,1H3,(H,25,28). The van der Waals surface area contributed by atoms with E-state index in [1.165, 1.54) is 36.6 Å². The maximum atomic E-state index is 12.7. The monoisotopic (exact) mass is 427 g/mol. The number of benzene rings is 1. The van der Waals surface area contributed by atoms with E-state index in [2.05, 4.69) is 10.3 Å². The zero-order valence-corrected chi connectivity index (χ0v) is 18.4. The van der Waals surface area contributed by atoms with Gasteiger partial charge in [0, 0.05) is 12.0 Å². The first kappa shape index (κ1) is 22.0. The van der Waals surface area contributed by atoms with Crippen LogP contribution in [0.5, 0.6) is 0 Å². The highest BCUT2D eigenvalue weighted by atomic mass is 16.7. The number of carbonyl (C=O) groups is 1. The van der Waals surface area contributed by atoms with Crippen LogP contribution in [0.25, 0.3) is 10.9 Å². The largest absolute Gasteiger partial charge is 0.355 e. The summed E-state index contributed by atoms with van der Waals surface area (Å²) in [5.41, 5.74) is 1.52. The van der Waals surface area contributed by atoms with Crippen molar-refractivity contribution in [3.05, 3.63) is 40.4 Å². The maximum absolute atomic E-state index is 12.7. The Morgan fingerprint density at radius 1 is 1.19 bits per heavy atom. The summed E-state index contributed by atoms with van der Waals surface area (Å²) in [6.07, 6.45) is 10.5. The number of hydrogen-bond donors (Lipinski definition) is 1. The fourth-order valence-electron chi connectivity index (χ4n) is 5.08. The van der Waals surface area contributed by atoms with Crippen LogP contribution in [-0.4, -0.2) is 41.5 Å². The smallest absolute Gasteiger partial charge is 0.261 e. The maximum Gasteiger partial charge on any atom is 0.261 e. The zero-order valence-electron chi connectivity index (χ0n) is 18.4. The Balaban J connectivity index is 1.32. The molecule has 1 aliphatic heterocycles. The molecule has 2 aromatic rings. The molecule has 7 nitrogen and oxygen atoms in total. The van der Waals surface area contributed by atoms with Crippen molar-refractivity contribution < 1.29 is 14.3 Å². The van der Waals surface area contributed by atoms with E-state index in [1.54, 1.807) is 6.07 Å². The van der Waals surface area contributed by atoms with Crippen molar-refractivity contribution in [2.24, 2.45) is 5.41 Å². The number of carbonyl (C=O) groups excluding carboxylic acids is 1. The lowest BCUT2D eigenvalue weighted by Gasteiger charge is -2.37. The summed E-state index contributed by atoms with van der Waals surface area (Å²) in [4.78, 5) is 29.5. The van der Waals surface area contributed by atoms with Gasteiger partial charge in [-0.05, 0) is 44.2 Å². The minimum absolute atomic E-state index is 0.0181. The van der Waals surface area contributed by atoms with Gasteiger partial charge in [-0.15, -0.1) is 0 Å². The van der Waals surface area contributed by atoms with Crippen LogP contribution in [0, 0.1) is 12.3 Å². The Morgan fingerprint density at radius 3 is 2.68 bits per heavy atom. The lowest BCUT2D eigenvalue weighted by atomic mass is 9.75. The van der Waals surface area contributed by atoms with E-state index < -0.39 is 0 Å². The van der Waals surface area contributed by atoms with Gasteiger partial charge in [0.15, 0.2) is 6.29 Å². The predicted octanol–water partition coefficient (Wildman–Crippen LogP) is 3.31. The van der Waals surface area contributed by atoms with Crippen LogP contribution in [0.4, 0.5) is 0 Å². The van der Waals surface area contributed by atoms with Gasteiger partial charge in [0.2, 0.25) is 5.91 Å². The number of para-hydroxylation sites is 1. The molecule has 0 spiro atoms. The first-order valence-corrected chi connectivity index (χ1v) is 11.5. The van der Waals surface area contributed by atoms with Gasteiger partial charge in [0.1, 0.15) is 6.54 Å². The molecule has 0 atom stereocenters. The minimum atomic E-state index is -0.184. The molecule has 2 fully saturated rings. The van der Waals surface area contributed by atoms with Gasteiger partial charge >= 0.3 is 0 Å². The van der Waals surface area contributed by atoms with Gasteiger partial charge in [-0.2, -0.15) is 0 Å². The SMILES string of the molecule is Cc1cccc2c(=O)n(CC(=O)NCCCC3(C4OCCO4)CCCCCC3)cnc12. The molecule has 1 aromatic carbocycles. The molecule has 2 heterocycles. The van der Waals surface area contributed by atoms with Crippen LogP contribution in [0.1, 0.15) is 56.9 Å². The summed E-state index contributed by atoms with van der Waals surface area (Å²) in [6, 6.07) is 5.52. The van der Waals surface area contributed by atoms with Gasteiger partial charge in [0.25, 0.3) is 5.56 Å². The average molecular weight is 428 g/mol. The molecule has 0 bridgehead atoms. The molecule has 0 radical (unpaired) electrons. The summed E-state index contributed by atoms with van der Waals surface area (Å²) in [5, 5.41) is 3.52. The number of rotatable bonds is 7. The number of amides is 1. The van der Waals surface area contributed by atoms with Crippen molar-refractivity contribution in [3.63, 3.8) is 0 Å². The summed E-state index contributed by atoms with van der Waals surface area (Å²) in [7, 11) is 0. The quantitative estimate of drug-likeness (QED) is 0.541. The highest BCUT2D eigenvalue weighted by Gasteiger charge is 2.42. The van der Waals surface area contributed by atoms with Crippen LogP contribution < -0.4 is 10.9 Å². The lowest BCUT2D eigenvalue weighted by molar-refractivity contribution is -0.143. The zero-order chi connectivity index (χ0) is 21.7. The van der Waals surface area contributed by atoms with Crippen molar-refractivity contribution in [1.82, 2.24) is 14.9 Å². The Morgan fingerprint density at radius 2 is 1.94 bits per heavy atom. The molecular weight excluding hydrogens is 394 g/mol. The lowest BCUT2D eigenvalue weighted by Crippen LogP contribution is -2.37. The van der Waals surface area contributed by atoms with Crippen LogP contribution in [-0.2, 0) is 20.8 Å². The number of nitrogens with zero attached hydrogens (tertiary/aromatic N) is 2. The number of fused-ring (bicyclic) bond motifs is 1. The Labute approximate surface area is 183 Å². The van der Waals surface area contributed by atoms with E-state index in [0.29, 0.717) is 30.7 Å². The number of aromatic nitrogens is 2. The second kappa shape index (κ2) is 9.92. The summed E-state index contributed by atoms with van der Waals surface area (Å²) in [5.74, 6) is -0.167. The molecule has 7 heteroatoms. The Bertz CT molecular complexity index is 957. The van der Waals surface area contributed by atoms with E-state index in [4.69, 9.17) is 9.47 Å². The molecule has 2 aliphatic rings. The van der Waals surface area contributed by atoms with Crippen molar-refractivity contribution in [1.29, 1.82) is 0 Å². The first-order chi connectivity index (χ1) is 15.1. The van der Waals surface area contributed by atoms with E-state index >= 15 is 0 Å². The van der Waals surface area contributed by atoms with Crippen LogP contribution in [0.15, 0.2) is 29.3 Å². The molecular formula is C24H33N3O4. The normalized spacial score (nSPS) is 19.4. The Kier molecular flexibility index (Phi) is 7.02. The second-order valence-corrected chi connectivity index (χ2v) is 8.95. The van der Waals surface area contributed by atoms with Crippen molar-refractivity contribution in [2.45, 2.75) is 71.1 Å². The van der Waals surface area contributed by atoms with Gasteiger partial charge in [-0.1, -0.05) is 37.8 Å². The average Bonchev–Trinajstić information content (AvgIpc) is 3.21. The third-order valence-electron chi connectivity index (χ3n) is 6.76. The summed E-state index contributed by atoms with van der Waals surface area (Å²) >= 11 is 0. The molecule has 1 aliphatic carbocycles. The number of ether oxygens (including phenoxy) is 2. The minimum Gasteiger partial charge on any atom is -0.355 e. The molecule has 31 heavy (non-hydrogen) atoms. The van der Waals surface area contributed by atoms with Gasteiger partial charge < -0.3 is 14.8 Å². The highest BCUT2D eigenvalue weighted by Crippen LogP contribution is 2.44. The summed E-state index contributed by atoms with van der Waals surface area (Å²) in [6.45, 7) is 3.85. The molecule has 168 valence electrons.